The second-order valence-corrected chi connectivity index (χ2v) is 3.04. The average Bonchev–Trinajstić information content (AvgIpc) is 2.25. The molecule has 1 aromatic heterocycles. The highest BCUT2D eigenvalue weighted by molar-refractivity contribution is 5.38. The first kappa shape index (κ1) is 9.33. The molecule has 2 rings (SSSR count). The third-order valence-corrected chi connectivity index (χ3v) is 1.88. The number of hydrogen-bond acceptors (Lipinski definition) is 3. The van der Waals surface area contributed by atoms with Crippen molar-refractivity contribution in [2.45, 2.75) is 0 Å². The number of anilines is 1. The van der Waals surface area contributed by atoms with E-state index in [0.29, 0.717) is 16.2 Å². The Morgan fingerprint density at radius 1 is 1.13 bits per heavy atom. The predicted octanol–water partition coefficient (Wildman–Crippen LogP) is 1.69. The summed E-state index contributed by atoms with van der Waals surface area (Å²) in [6.07, 6.45) is 1.31. The van der Waals surface area contributed by atoms with Crippen molar-refractivity contribution in [2.75, 3.05) is 5.73 Å². The zero-order valence-corrected chi connectivity index (χ0v) is 7.96. The number of nitrogens with two attached hydrogens (primary N) is 1. The van der Waals surface area contributed by atoms with E-state index in [2.05, 4.69) is 0 Å². The van der Waals surface area contributed by atoms with Crippen LogP contribution >= 0.6 is 0 Å². The van der Waals surface area contributed by atoms with Gasteiger partial charge in [0.05, 0.1) is 6.07 Å². The van der Waals surface area contributed by atoms with Gasteiger partial charge in [0.15, 0.2) is 6.20 Å². The van der Waals surface area contributed by atoms with E-state index in [1.54, 1.807) is 12.1 Å². The molecule has 0 aliphatic heterocycles. The monoisotopic (exact) mass is 202 g/mol. The summed E-state index contributed by atoms with van der Waals surface area (Å²) < 4.78 is 5.99. The summed E-state index contributed by atoms with van der Waals surface area (Å²) in [6, 6.07) is 12.1. The molecule has 0 amide bonds. The maximum atomic E-state index is 11.3. The van der Waals surface area contributed by atoms with Crippen LogP contribution in [-0.4, -0.2) is 0 Å². The maximum absolute atomic E-state index is 11.3. The molecule has 0 spiro atoms. The van der Waals surface area contributed by atoms with Crippen LogP contribution in [0.15, 0.2) is 48.7 Å². The Morgan fingerprint density at radius 2 is 1.87 bits per heavy atom. The lowest BCUT2D eigenvalue weighted by molar-refractivity contribution is -0.611. The van der Waals surface area contributed by atoms with E-state index in [1.807, 2.05) is 18.2 Å². The molecule has 2 aromatic rings. The molecule has 4 nitrogen and oxygen atoms in total. The smallest absolute Gasteiger partial charge is 0.386 e. The van der Waals surface area contributed by atoms with Crippen LogP contribution in [-0.2, 0) is 0 Å². The highest BCUT2D eigenvalue weighted by atomic mass is 16.6. The SMILES string of the molecule is Nc1cc[n+]([O-])c(Oc2ccccc2)c1. The molecule has 0 fully saturated rings. The quantitative estimate of drug-likeness (QED) is 0.595. The number of aromatic nitrogens is 1. The predicted molar refractivity (Wildman–Crippen MR) is 56.3 cm³/mol. The van der Waals surface area contributed by atoms with Crippen LogP contribution < -0.4 is 15.2 Å². The fraction of sp³-hybridized carbons (Fsp3) is 0. The Bertz CT molecular complexity index is 457. The van der Waals surface area contributed by atoms with Crippen LogP contribution in [0.5, 0.6) is 11.6 Å². The summed E-state index contributed by atoms with van der Waals surface area (Å²) in [7, 11) is 0. The molecule has 1 aromatic carbocycles. The first-order chi connectivity index (χ1) is 7.25. The fourth-order valence-electron chi connectivity index (χ4n) is 1.17. The largest absolute Gasteiger partial charge is 0.616 e. The van der Waals surface area contributed by atoms with Crippen molar-refractivity contribution in [3.8, 4) is 11.6 Å². The van der Waals surface area contributed by atoms with Gasteiger partial charge in [-0.25, -0.2) is 0 Å². The van der Waals surface area contributed by atoms with E-state index in [-0.39, 0.29) is 5.88 Å². The minimum atomic E-state index is 0.168. The van der Waals surface area contributed by atoms with Crippen LogP contribution in [0.1, 0.15) is 0 Å². The summed E-state index contributed by atoms with van der Waals surface area (Å²) in [5.74, 6) is 0.772. The summed E-state index contributed by atoms with van der Waals surface area (Å²) in [6.45, 7) is 0. The molecule has 0 unspecified atom stereocenters. The average molecular weight is 202 g/mol. The van der Waals surface area contributed by atoms with Gasteiger partial charge < -0.3 is 15.7 Å². The number of pyridine rings is 1. The summed E-state index contributed by atoms with van der Waals surface area (Å²) in [4.78, 5) is 0. The normalized spacial score (nSPS) is 9.87. The molecule has 0 bridgehead atoms. The number of nitrogens with zero attached hydrogens (tertiary/aromatic N) is 1. The molecule has 1 heterocycles. The maximum Gasteiger partial charge on any atom is 0.386 e. The molecule has 76 valence electrons. The first-order valence-electron chi connectivity index (χ1n) is 4.47. The summed E-state index contributed by atoms with van der Waals surface area (Å²) in [5.41, 5.74) is 6.04. The highest BCUT2D eigenvalue weighted by Crippen LogP contribution is 2.18. The number of para-hydroxylation sites is 1. The zero-order valence-electron chi connectivity index (χ0n) is 7.96. The molecule has 0 saturated carbocycles. The highest BCUT2D eigenvalue weighted by Gasteiger charge is 2.07. The molecular formula is C11H10N2O2. The molecule has 0 saturated heterocycles. The third kappa shape index (κ3) is 2.17. The van der Waals surface area contributed by atoms with Crippen molar-refractivity contribution >= 4 is 5.69 Å². The van der Waals surface area contributed by atoms with Gasteiger partial charge in [0.1, 0.15) is 5.75 Å². The van der Waals surface area contributed by atoms with Gasteiger partial charge in [-0.05, 0) is 12.1 Å². The van der Waals surface area contributed by atoms with Gasteiger partial charge >= 0.3 is 5.88 Å². The van der Waals surface area contributed by atoms with Crippen molar-refractivity contribution in [1.29, 1.82) is 0 Å². The molecule has 0 atom stereocenters. The number of ether oxygens (including phenoxy) is 1. The van der Waals surface area contributed by atoms with E-state index < -0.39 is 0 Å². The zero-order chi connectivity index (χ0) is 10.7. The Hall–Kier alpha value is -2.23. The minimum Gasteiger partial charge on any atom is -0.616 e. The van der Waals surface area contributed by atoms with Crippen LogP contribution in [0.4, 0.5) is 5.69 Å². The Labute approximate surface area is 87.1 Å². The molecular weight excluding hydrogens is 192 g/mol. The number of hydrogen-bond donors (Lipinski definition) is 1. The number of nitrogen functional groups attached to an aromatic ring is 1. The third-order valence-electron chi connectivity index (χ3n) is 1.88. The van der Waals surface area contributed by atoms with Gasteiger partial charge in [0.25, 0.3) is 0 Å². The van der Waals surface area contributed by atoms with Crippen molar-refractivity contribution in [2.24, 2.45) is 0 Å². The lowest BCUT2D eigenvalue weighted by Gasteiger charge is -2.05. The van der Waals surface area contributed by atoms with E-state index in [0.717, 1.165) is 0 Å². The fourth-order valence-corrected chi connectivity index (χ4v) is 1.17. The van der Waals surface area contributed by atoms with Crippen molar-refractivity contribution in [1.82, 2.24) is 0 Å². The number of benzene rings is 1. The van der Waals surface area contributed by atoms with Gasteiger partial charge in [-0.3, -0.25) is 0 Å². The van der Waals surface area contributed by atoms with Crippen molar-refractivity contribution < 1.29 is 9.47 Å². The molecule has 0 aliphatic carbocycles. The molecule has 4 heteroatoms. The first-order valence-corrected chi connectivity index (χ1v) is 4.47. The van der Waals surface area contributed by atoms with E-state index in [1.165, 1.54) is 18.3 Å². The van der Waals surface area contributed by atoms with Crippen molar-refractivity contribution in [3.05, 3.63) is 53.9 Å². The minimum absolute atomic E-state index is 0.168. The molecule has 0 aliphatic rings. The van der Waals surface area contributed by atoms with E-state index >= 15 is 0 Å². The lowest BCUT2D eigenvalue weighted by atomic mass is 10.3. The Kier molecular flexibility index (Phi) is 2.41. The molecule has 15 heavy (non-hydrogen) atoms. The van der Waals surface area contributed by atoms with Crippen LogP contribution in [0, 0.1) is 5.21 Å². The topological polar surface area (TPSA) is 62.2 Å². The van der Waals surface area contributed by atoms with Gasteiger partial charge in [-0.1, -0.05) is 18.2 Å². The van der Waals surface area contributed by atoms with Gasteiger partial charge in [0.2, 0.25) is 0 Å². The number of rotatable bonds is 2. The van der Waals surface area contributed by atoms with Crippen LogP contribution in [0.25, 0.3) is 0 Å². The van der Waals surface area contributed by atoms with E-state index in [4.69, 9.17) is 10.5 Å². The van der Waals surface area contributed by atoms with E-state index in [9.17, 15) is 5.21 Å². The van der Waals surface area contributed by atoms with Gasteiger partial charge in [-0.2, -0.15) is 0 Å². The van der Waals surface area contributed by atoms with Gasteiger partial charge in [0, 0.05) is 11.8 Å². The second kappa shape index (κ2) is 3.88. The lowest BCUT2D eigenvalue weighted by Crippen LogP contribution is -2.27. The standard InChI is InChI=1S/C11H10N2O2/c12-9-6-7-13(14)11(8-9)15-10-4-2-1-3-5-10/h1-8H,12H2. The van der Waals surface area contributed by atoms with Crippen LogP contribution in [0.3, 0.4) is 0 Å². The van der Waals surface area contributed by atoms with Crippen LogP contribution in [0.2, 0.25) is 0 Å². The van der Waals surface area contributed by atoms with Gasteiger partial charge in [-0.15, -0.1) is 4.73 Å². The molecule has 2 N–H and O–H groups in total. The Morgan fingerprint density at radius 3 is 2.60 bits per heavy atom. The summed E-state index contributed by atoms with van der Waals surface area (Å²) >= 11 is 0. The summed E-state index contributed by atoms with van der Waals surface area (Å²) in [5, 5.41) is 11.3. The Balaban J connectivity index is 2.28. The molecule has 0 radical (unpaired) electrons. The second-order valence-electron chi connectivity index (χ2n) is 3.04. The van der Waals surface area contributed by atoms with Crippen molar-refractivity contribution in [3.63, 3.8) is 0 Å².